The molecule has 0 spiro atoms. The van der Waals surface area contributed by atoms with E-state index in [0.717, 1.165) is 18.4 Å². The van der Waals surface area contributed by atoms with Crippen LogP contribution in [0.4, 0.5) is 4.79 Å². The van der Waals surface area contributed by atoms with Crippen LogP contribution in [0.2, 0.25) is 0 Å². The number of nitrogens with zero attached hydrogens (tertiary/aromatic N) is 3. The number of amides is 2. The molecule has 216 valence electrons. The van der Waals surface area contributed by atoms with Crippen molar-refractivity contribution in [1.29, 1.82) is 5.26 Å². The van der Waals surface area contributed by atoms with Crippen LogP contribution in [-0.4, -0.2) is 93.9 Å². The molecule has 3 N–H and O–H groups in total. The Morgan fingerprint density at radius 3 is 2.55 bits per heavy atom. The molecular formula is C29H41BN4O6. The third-order valence-electron chi connectivity index (χ3n) is 8.50. The van der Waals surface area contributed by atoms with Gasteiger partial charge >= 0.3 is 13.2 Å². The highest BCUT2D eigenvalue weighted by molar-refractivity contribution is 6.43. The number of fused-ring (bicyclic) bond motifs is 2. The molecule has 0 unspecified atom stereocenters. The summed E-state index contributed by atoms with van der Waals surface area (Å²) in [5.41, 5.74) is -0.619. The Hall–Kier alpha value is -2.91. The van der Waals surface area contributed by atoms with Gasteiger partial charge in [0.1, 0.15) is 18.2 Å². The van der Waals surface area contributed by atoms with E-state index < -0.39 is 30.2 Å². The lowest BCUT2D eigenvalue weighted by molar-refractivity contribution is -0.132. The van der Waals surface area contributed by atoms with Crippen LogP contribution in [0.15, 0.2) is 42.0 Å². The Morgan fingerprint density at radius 2 is 1.95 bits per heavy atom. The normalized spacial score (nSPS) is 25.3. The second-order valence-corrected chi connectivity index (χ2v) is 12.4. The van der Waals surface area contributed by atoms with Gasteiger partial charge < -0.3 is 29.7 Å². The molecule has 11 heteroatoms. The number of nitrogens with one attached hydrogen (secondary N) is 1. The van der Waals surface area contributed by atoms with E-state index in [0.29, 0.717) is 32.5 Å². The van der Waals surface area contributed by atoms with Crippen molar-refractivity contribution in [2.24, 2.45) is 0 Å². The van der Waals surface area contributed by atoms with Crippen LogP contribution in [0, 0.1) is 11.3 Å². The maximum atomic E-state index is 13.8. The number of ether oxygens (including phenoxy) is 2. The molecule has 0 aliphatic carbocycles. The maximum absolute atomic E-state index is 13.8. The van der Waals surface area contributed by atoms with Gasteiger partial charge in [-0.1, -0.05) is 30.3 Å². The molecular weight excluding hydrogens is 511 g/mol. The zero-order valence-corrected chi connectivity index (χ0v) is 23.9. The molecule has 10 nitrogen and oxygen atoms in total. The van der Waals surface area contributed by atoms with Crippen LogP contribution < -0.4 is 5.32 Å². The largest absolute Gasteiger partial charge is 0.475 e. The Kier molecular flexibility index (Phi) is 8.95. The predicted octanol–water partition coefficient (Wildman–Crippen LogP) is 2.20. The molecule has 1 aromatic carbocycles. The van der Waals surface area contributed by atoms with E-state index in [-0.39, 0.29) is 36.2 Å². The highest BCUT2D eigenvalue weighted by Crippen LogP contribution is 2.47. The second kappa shape index (κ2) is 11.9. The SMILES string of the molecule is CC1(C)CN(C(C)(C)C=C(C#N)C(=O)N2C3CCC2(COC(=O)N[C@@H](Cc2ccccc2)B(O)O)CC3)CCO1. The lowest BCUT2D eigenvalue weighted by atomic mass is 9.76. The number of alkyl carbamates (subject to hydrolysis) is 1. The maximum Gasteiger partial charge on any atom is 0.475 e. The number of hydrogen-bond donors (Lipinski definition) is 3. The van der Waals surface area contributed by atoms with E-state index in [2.05, 4.69) is 16.3 Å². The van der Waals surface area contributed by atoms with Gasteiger partial charge in [0.15, 0.2) is 0 Å². The molecule has 1 atom stereocenters. The fourth-order valence-corrected chi connectivity index (χ4v) is 6.34. The van der Waals surface area contributed by atoms with E-state index in [1.807, 2.05) is 58.0 Å². The topological polar surface area (TPSA) is 135 Å². The lowest BCUT2D eigenvalue weighted by Crippen LogP contribution is -2.56. The summed E-state index contributed by atoms with van der Waals surface area (Å²) in [6, 6.07) is 11.3. The minimum atomic E-state index is -1.77. The number of morpholine rings is 1. The van der Waals surface area contributed by atoms with E-state index in [1.54, 1.807) is 11.0 Å². The summed E-state index contributed by atoms with van der Waals surface area (Å²) in [4.78, 5) is 30.5. The molecule has 40 heavy (non-hydrogen) atoms. The van der Waals surface area contributed by atoms with Crippen molar-refractivity contribution >= 4 is 19.1 Å². The van der Waals surface area contributed by atoms with Crippen molar-refractivity contribution in [3.63, 3.8) is 0 Å². The van der Waals surface area contributed by atoms with Gasteiger partial charge in [0, 0.05) is 24.7 Å². The zero-order valence-electron chi connectivity index (χ0n) is 23.9. The van der Waals surface area contributed by atoms with Crippen molar-refractivity contribution in [2.75, 3.05) is 26.3 Å². The predicted molar refractivity (Wildman–Crippen MR) is 150 cm³/mol. The highest BCUT2D eigenvalue weighted by atomic mass is 16.6. The van der Waals surface area contributed by atoms with Gasteiger partial charge in [0.25, 0.3) is 5.91 Å². The van der Waals surface area contributed by atoms with E-state index in [1.165, 1.54) is 0 Å². The zero-order chi connectivity index (χ0) is 29.1. The van der Waals surface area contributed by atoms with Crippen LogP contribution in [0.5, 0.6) is 0 Å². The van der Waals surface area contributed by atoms with Crippen LogP contribution in [0.1, 0.15) is 58.9 Å². The molecule has 0 radical (unpaired) electrons. The quantitative estimate of drug-likeness (QED) is 0.241. The molecule has 3 heterocycles. The van der Waals surface area contributed by atoms with Gasteiger partial charge in [-0.2, -0.15) is 5.26 Å². The summed E-state index contributed by atoms with van der Waals surface area (Å²) < 4.78 is 11.4. The van der Waals surface area contributed by atoms with Gasteiger partial charge in [-0.05, 0) is 71.4 Å². The number of hydrogen-bond acceptors (Lipinski definition) is 8. The minimum absolute atomic E-state index is 0.00793. The van der Waals surface area contributed by atoms with Gasteiger partial charge in [-0.15, -0.1) is 0 Å². The standard InChI is InChI=1S/C29H41BN4O6/c1-27(2,33-14-15-40-28(3,4)19-33)17-22(18-31)25(35)34-23-10-12-29(34,13-11-23)20-39-26(36)32-24(30(37)38)16-21-8-6-5-7-9-21/h5-9,17,23-24,37-38H,10-16,19-20H2,1-4H3,(H,32,36)/t23?,24-,29?/m0/s1. The van der Waals surface area contributed by atoms with Crippen LogP contribution in [-0.2, 0) is 20.7 Å². The van der Waals surface area contributed by atoms with Crippen molar-refractivity contribution in [3.8, 4) is 6.07 Å². The molecule has 2 bridgehead atoms. The fraction of sp³-hybridized carbons (Fsp3) is 0.621. The Morgan fingerprint density at radius 1 is 1.27 bits per heavy atom. The van der Waals surface area contributed by atoms with E-state index >= 15 is 0 Å². The first kappa shape index (κ1) is 30.1. The number of nitriles is 1. The summed E-state index contributed by atoms with van der Waals surface area (Å²) >= 11 is 0. The second-order valence-electron chi connectivity index (χ2n) is 12.4. The van der Waals surface area contributed by atoms with Gasteiger partial charge in [-0.25, -0.2) is 4.79 Å². The van der Waals surface area contributed by atoms with Crippen LogP contribution >= 0.6 is 0 Å². The number of benzene rings is 1. The molecule has 3 aliphatic rings. The summed E-state index contributed by atoms with van der Waals surface area (Å²) in [5, 5.41) is 32.2. The molecule has 3 saturated heterocycles. The van der Waals surface area contributed by atoms with Crippen molar-refractivity contribution in [1.82, 2.24) is 15.1 Å². The van der Waals surface area contributed by atoms with Gasteiger partial charge in [0.2, 0.25) is 0 Å². The van der Waals surface area contributed by atoms with Crippen molar-refractivity contribution in [3.05, 3.63) is 47.5 Å². The fourth-order valence-electron chi connectivity index (χ4n) is 6.34. The average Bonchev–Trinajstić information content (AvgIpc) is 3.45. The van der Waals surface area contributed by atoms with Gasteiger partial charge in [-0.3, -0.25) is 9.69 Å². The molecule has 3 aliphatic heterocycles. The first-order chi connectivity index (χ1) is 18.9. The summed E-state index contributed by atoms with van der Waals surface area (Å²) in [7, 11) is -1.77. The first-order valence-corrected chi connectivity index (χ1v) is 14.0. The van der Waals surface area contributed by atoms with Crippen LogP contribution in [0.25, 0.3) is 0 Å². The van der Waals surface area contributed by atoms with Crippen LogP contribution in [0.3, 0.4) is 0 Å². The van der Waals surface area contributed by atoms with Gasteiger partial charge in [0.05, 0.1) is 23.7 Å². The lowest BCUT2D eigenvalue weighted by Gasteiger charge is -2.45. The Labute approximate surface area is 237 Å². The minimum Gasteiger partial charge on any atom is -0.447 e. The summed E-state index contributed by atoms with van der Waals surface area (Å²) in [6.07, 6.45) is 4.10. The monoisotopic (exact) mass is 552 g/mol. The Bertz CT molecular complexity index is 1140. The Balaban J connectivity index is 1.43. The van der Waals surface area contributed by atoms with E-state index in [4.69, 9.17) is 9.47 Å². The summed E-state index contributed by atoms with van der Waals surface area (Å²) in [6.45, 7) is 10.00. The van der Waals surface area contributed by atoms with Crippen molar-refractivity contribution < 1.29 is 29.1 Å². The smallest absolute Gasteiger partial charge is 0.447 e. The third kappa shape index (κ3) is 6.69. The molecule has 4 rings (SSSR count). The highest BCUT2D eigenvalue weighted by Gasteiger charge is 2.55. The third-order valence-corrected chi connectivity index (χ3v) is 8.50. The average molecular weight is 552 g/mol. The molecule has 1 aromatic rings. The molecule has 3 fully saturated rings. The number of carbonyl (C=O) groups is 2. The molecule has 2 amide bonds. The number of rotatable bonds is 9. The van der Waals surface area contributed by atoms with E-state index in [9.17, 15) is 24.9 Å². The summed E-state index contributed by atoms with van der Waals surface area (Å²) in [5.74, 6) is -1.29. The van der Waals surface area contributed by atoms with Crippen molar-refractivity contribution in [2.45, 2.75) is 88.5 Å². The molecule has 0 saturated carbocycles. The molecule has 0 aromatic heterocycles. The number of carbonyl (C=O) groups excluding carboxylic acids is 2. The first-order valence-electron chi connectivity index (χ1n) is 14.0.